The van der Waals surface area contributed by atoms with Crippen LogP contribution in [0.1, 0.15) is 44.0 Å². The number of carbonyl (C=O) groups is 1. The Morgan fingerprint density at radius 1 is 1.38 bits per heavy atom. The van der Waals surface area contributed by atoms with Crippen molar-refractivity contribution in [3.8, 4) is 0 Å². The molecule has 1 aromatic carbocycles. The maximum absolute atomic E-state index is 12.7. The fraction of sp³-hybridized carbons (Fsp3) is 0.562. The molecule has 0 spiro atoms. The third-order valence-corrected chi connectivity index (χ3v) is 5.30. The Kier molecular flexibility index (Phi) is 5.52. The summed E-state index contributed by atoms with van der Waals surface area (Å²) in [5, 5.41) is 12.2. The molecule has 24 heavy (non-hydrogen) atoms. The second-order valence-electron chi connectivity index (χ2n) is 6.89. The van der Waals surface area contributed by atoms with Crippen molar-refractivity contribution in [2.45, 2.75) is 50.2 Å². The zero-order chi connectivity index (χ0) is 18.0. The van der Waals surface area contributed by atoms with E-state index >= 15 is 0 Å². The molecule has 0 amide bonds. The molecule has 8 heteroatoms. The third-order valence-electron chi connectivity index (χ3n) is 3.50. The van der Waals surface area contributed by atoms with Crippen LogP contribution in [0.2, 0.25) is 0 Å². The number of hydrogen-bond acceptors (Lipinski definition) is 5. The summed E-state index contributed by atoms with van der Waals surface area (Å²) in [7, 11) is -3.87. The van der Waals surface area contributed by atoms with Crippen LogP contribution < -0.4 is 10.0 Å². The van der Waals surface area contributed by atoms with Crippen LogP contribution in [0.5, 0.6) is 0 Å². The highest BCUT2D eigenvalue weighted by molar-refractivity contribution is 7.89. The zero-order valence-corrected chi connectivity index (χ0v) is 14.9. The fourth-order valence-corrected chi connectivity index (χ4v) is 4.14. The summed E-state index contributed by atoms with van der Waals surface area (Å²) in [5.41, 5.74) is -0.386. The summed E-state index contributed by atoms with van der Waals surface area (Å²) < 4.78 is 33.4. The van der Waals surface area contributed by atoms with Gasteiger partial charge >= 0.3 is 5.97 Å². The lowest BCUT2D eigenvalue weighted by atomic mass is 10.1. The first-order valence-electron chi connectivity index (χ1n) is 7.85. The number of nitrogens with one attached hydrogen (secondary N) is 2. The summed E-state index contributed by atoms with van der Waals surface area (Å²) in [6.45, 7) is 6.37. The van der Waals surface area contributed by atoms with E-state index in [1.807, 2.05) is 0 Å². The van der Waals surface area contributed by atoms with Gasteiger partial charge in [-0.25, -0.2) is 17.9 Å². The van der Waals surface area contributed by atoms with E-state index in [4.69, 9.17) is 9.84 Å². The van der Waals surface area contributed by atoms with Gasteiger partial charge in [-0.15, -0.1) is 0 Å². The van der Waals surface area contributed by atoms with Gasteiger partial charge in [0.15, 0.2) is 0 Å². The molecular weight excluding hydrogens is 332 g/mol. The van der Waals surface area contributed by atoms with Gasteiger partial charge in [0.1, 0.15) is 4.90 Å². The predicted molar refractivity (Wildman–Crippen MR) is 90.9 cm³/mol. The van der Waals surface area contributed by atoms with Crippen molar-refractivity contribution in [3.63, 3.8) is 0 Å². The van der Waals surface area contributed by atoms with E-state index in [1.54, 1.807) is 20.8 Å². The molecule has 2 rings (SSSR count). The number of sulfonamides is 1. The van der Waals surface area contributed by atoms with Crippen LogP contribution >= 0.6 is 0 Å². The largest absolute Gasteiger partial charge is 0.478 e. The molecule has 134 valence electrons. The van der Waals surface area contributed by atoms with E-state index in [9.17, 15) is 13.2 Å². The van der Waals surface area contributed by atoms with E-state index in [0.29, 0.717) is 18.8 Å². The summed E-state index contributed by atoms with van der Waals surface area (Å²) in [6, 6.07) is 4.04. The minimum Gasteiger partial charge on any atom is -0.478 e. The summed E-state index contributed by atoms with van der Waals surface area (Å²) in [4.78, 5) is 11.1. The van der Waals surface area contributed by atoms with Crippen molar-refractivity contribution in [2.24, 2.45) is 0 Å². The summed E-state index contributed by atoms with van der Waals surface area (Å²) >= 11 is 0. The Morgan fingerprint density at radius 3 is 2.62 bits per heavy atom. The van der Waals surface area contributed by atoms with Gasteiger partial charge < -0.3 is 15.2 Å². The molecule has 1 aliphatic rings. The first-order valence-corrected chi connectivity index (χ1v) is 9.33. The van der Waals surface area contributed by atoms with Gasteiger partial charge in [-0.3, -0.25) is 0 Å². The average molecular weight is 356 g/mol. The maximum atomic E-state index is 12.7. The van der Waals surface area contributed by atoms with Crippen molar-refractivity contribution in [2.75, 3.05) is 18.5 Å². The molecule has 1 heterocycles. The third kappa shape index (κ3) is 4.93. The Bertz CT molecular complexity index is 704. The highest BCUT2D eigenvalue weighted by atomic mass is 32.2. The van der Waals surface area contributed by atoms with Crippen LogP contribution in [0, 0.1) is 0 Å². The zero-order valence-electron chi connectivity index (χ0n) is 14.1. The lowest BCUT2D eigenvalue weighted by Gasteiger charge is -2.22. The number of rotatable bonds is 6. The number of benzene rings is 1. The highest BCUT2D eigenvalue weighted by Crippen LogP contribution is 2.25. The number of anilines is 1. The molecule has 1 fully saturated rings. The number of ether oxygens (including phenoxy) is 1. The molecule has 1 aromatic rings. The van der Waals surface area contributed by atoms with Gasteiger partial charge in [0.05, 0.1) is 17.4 Å². The van der Waals surface area contributed by atoms with Crippen LogP contribution in [-0.2, 0) is 14.8 Å². The first kappa shape index (κ1) is 18.7. The second-order valence-corrected chi connectivity index (χ2v) is 8.54. The molecule has 0 radical (unpaired) electrons. The van der Waals surface area contributed by atoms with Crippen LogP contribution in [0.15, 0.2) is 23.1 Å². The topological polar surface area (TPSA) is 105 Å². The number of aromatic carboxylic acids is 1. The van der Waals surface area contributed by atoms with Crippen molar-refractivity contribution >= 4 is 21.7 Å². The lowest BCUT2D eigenvalue weighted by molar-refractivity contribution is 0.0696. The van der Waals surface area contributed by atoms with E-state index in [2.05, 4.69) is 10.0 Å². The molecular formula is C16H24N2O5S. The SMILES string of the molecule is CC(C)(C)NS(=O)(=O)c1cc(C(=O)O)ccc1NC[C@@H]1CCCO1. The Labute approximate surface area is 142 Å². The van der Waals surface area contributed by atoms with E-state index in [1.165, 1.54) is 18.2 Å². The summed E-state index contributed by atoms with van der Waals surface area (Å²) in [5.74, 6) is -1.17. The summed E-state index contributed by atoms with van der Waals surface area (Å²) in [6.07, 6.45) is 1.94. The van der Waals surface area contributed by atoms with Crippen molar-refractivity contribution in [1.29, 1.82) is 0 Å². The molecule has 0 bridgehead atoms. The first-order chi connectivity index (χ1) is 11.1. The van der Waals surface area contributed by atoms with Crippen LogP contribution in [0.3, 0.4) is 0 Å². The number of carboxylic acids is 1. The monoisotopic (exact) mass is 356 g/mol. The minimum atomic E-state index is -3.87. The second kappa shape index (κ2) is 7.08. The molecule has 0 saturated carbocycles. The molecule has 0 aromatic heterocycles. The minimum absolute atomic E-state index is 0.0373. The molecule has 1 atom stereocenters. The van der Waals surface area contributed by atoms with Gasteiger partial charge in [0, 0.05) is 18.7 Å². The lowest BCUT2D eigenvalue weighted by Crippen LogP contribution is -2.40. The molecule has 0 aliphatic carbocycles. The van der Waals surface area contributed by atoms with Crippen molar-refractivity contribution in [1.82, 2.24) is 4.72 Å². The number of hydrogen-bond donors (Lipinski definition) is 3. The van der Waals surface area contributed by atoms with Crippen molar-refractivity contribution in [3.05, 3.63) is 23.8 Å². The predicted octanol–water partition coefficient (Wildman–Crippen LogP) is 2.05. The normalized spacial score (nSPS) is 18.5. The Hall–Kier alpha value is -1.64. The molecule has 3 N–H and O–H groups in total. The maximum Gasteiger partial charge on any atom is 0.335 e. The van der Waals surface area contributed by atoms with Gasteiger partial charge in [-0.05, 0) is 51.8 Å². The van der Waals surface area contributed by atoms with E-state index in [0.717, 1.165) is 12.8 Å². The number of carboxylic acid groups (broad SMARTS) is 1. The van der Waals surface area contributed by atoms with Crippen LogP contribution in [-0.4, -0.2) is 44.3 Å². The molecule has 7 nitrogen and oxygen atoms in total. The van der Waals surface area contributed by atoms with Gasteiger partial charge in [0.2, 0.25) is 10.0 Å². The van der Waals surface area contributed by atoms with Crippen molar-refractivity contribution < 1.29 is 23.1 Å². The highest BCUT2D eigenvalue weighted by Gasteiger charge is 2.26. The van der Waals surface area contributed by atoms with Crippen LogP contribution in [0.25, 0.3) is 0 Å². The molecule has 1 saturated heterocycles. The smallest absolute Gasteiger partial charge is 0.335 e. The standard InChI is InChI=1S/C16H24N2O5S/c1-16(2,3)18-24(21,22)14-9-11(15(19)20)6-7-13(14)17-10-12-5-4-8-23-12/h6-7,9,12,17-18H,4-5,8,10H2,1-3H3,(H,19,20)/t12-/m0/s1. The fourth-order valence-electron chi connectivity index (χ4n) is 2.51. The molecule has 0 unspecified atom stereocenters. The average Bonchev–Trinajstić information content (AvgIpc) is 2.95. The van der Waals surface area contributed by atoms with Crippen LogP contribution in [0.4, 0.5) is 5.69 Å². The molecule has 1 aliphatic heterocycles. The van der Waals surface area contributed by atoms with Gasteiger partial charge in [0.25, 0.3) is 0 Å². The van der Waals surface area contributed by atoms with Gasteiger partial charge in [-0.2, -0.15) is 0 Å². The van der Waals surface area contributed by atoms with Gasteiger partial charge in [-0.1, -0.05) is 0 Å². The Balaban J connectivity index is 2.33. The Morgan fingerprint density at radius 2 is 2.08 bits per heavy atom. The quantitative estimate of drug-likeness (QED) is 0.720. The van der Waals surface area contributed by atoms with E-state index in [-0.39, 0.29) is 16.6 Å². The van der Waals surface area contributed by atoms with E-state index < -0.39 is 21.5 Å².